The third kappa shape index (κ3) is 8.29. The van der Waals surface area contributed by atoms with Crippen molar-refractivity contribution in [1.82, 2.24) is 10.2 Å². The fourth-order valence-corrected chi connectivity index (χ4v) is 9.12. The molecule has 2 N–H and O–H groups in total. The van der Waals surface area contributed by atoms with E-state index in [0.717, 1.165) is 35.3 Å². The molecule has 2 bridgehead atoms. The Kier molecular flexibility index (Phi) is 11.7. The molecule has 0 spiro atoms. The summed E-state index contributed by atoms with van der Waals surface area (Å²) in [4.78, 5) is 29.7. The van der Waals surface area contributed by atoms with E-state index >= 15 is 0 Å². The van der Waals surface area contributed by atoms with Gasteiger partial charge in [-0.15, -0.1) is 11.3 Å². The first-order chi connectivity index (χ1) is 24.6. The minimum Gasteiger partial charge on any atom is -0.619 e. The van der Waals surface area contributed by atoms with Crippen molar-refractivity contribution < 1.29 is 33.6 Å². The number of nitrogens with zero attached hydrogens (tertiary/aromatic N) is 2. The molecule has 0 radical (unpaired) electrons. The van der Waals surface area contributed by atoms with Crippen LogP contribution in [0.2, 0.25) is 10.0 Å². The molecule has 10 nitrogen and oxygen atoms in total. The van der Waals surface area contributed by atoms with Crippen molar-refractivity contribution in [3.8, 4) is 11.5 Å². The van der Waals surface area contributed by atoms with Crippen LogP contribution in [0.3, 0.4) is 0 Å². The number of aromatic carboxylic acids is 1. The zero-order valence-electron chi connectivity index (χ0n) is 28.6. The summed E-state index contributed by atoms with van der Waals surface area (Å²) in [5, 5.41) is 26.1. The summed E-state index contributed by atoms with van der Waals surface area (Å²) in [5.74, 6) is -0.711. The van der Waals surface area contributed by atoms with Crippen LogP contribution in [-0.4, -0.2) is 61.9 Å². The van der Waals surface area contributed by atoms with Gasteiger partial charge in [0.1, 0.15) is 21.0 Å². The Morgan fingerprint density at radius 3 is 2.29 bits per heavy atom. The number of hydrogen-bond acceptors (Lipinski definition) is 9. The largest absolute Gasteiger partial charge is 0.619 e. The first kappa shape index (κ1) is 36.9. The first-order valence-electron chi connectivity index (χ1n) is 16.9. The molecule has 0 amide bonds. The van der Waals surface area contributed by atoms with Gasteiger partial charge in [-0.25, -0.2) is 9.59 Å². The Labute approximate surface area is 311 Å². The van der Waals surface area contributed by atoms with E-state index in [4.69, 9.17) is 37.4 Å². The lowest BCUT2D eigenvalue weighted by atomic mass is 9.85. The van der Waals surface area contributed by atoms with E-state index in [1.165, 1.54) is 39.5 Å². The quantitative estimate of drug-likeness (QED) is 0.0794. The lowest BCUT2D eigenvalue weighted by Crippen LogP contribution is -2.41. The predicted octanol–water partition coefficient (Wildman–Crippen LogP) is 7.03. The Bertz CT molecular complexity index is 1840. The molecule has 4 heterocycles. The zero-order valence-corrected chi connectivity index (χ0v) is 31.0. The molecule has 2 fully saturated rings. The summed E-state index contributed by atoms with van der Waals surface area (Å²) < 4.78 is 17.5. The molecule has 4 aromatic rings. The van der Waals surface area contributed by atoms with Gasteiger partial charge in [-0.05, 0) is 80.0 Å². The van der Waals surface area contributed by atoms with Gasteiger partial charge >= 0.3 is 11.9 Å². The number of fused-ring (bicyclic) bond motifs is 2. The molecule has 0 saturated carbocycles. The number of methoxy groups -OCH3 is 2. The Morgan fingerprint density at radius 1 is 1.00 bits per heavy atom. The van der Waals surface area contributed by atoms with Crippen LogP contribution in [0.15, 0.2) is 67.0 Å². The number of pyridine rings is 1. The zero-order chi connectivity index (χ0) is 36.2. The lowest BCUT2D eigenvalue weighted by Gasteiger charge is -2.36. The Hall–Kier alpha value is -3.87. The van der Waals surface area contributed by atoms with Gasteiger partial charge in [0, 0.05) is 35.0 Å². The highest BCUT2D eigenvalue weighted by Crippen LogP contribution is 2.41. The molecule has 51 heavy (non-hydrogen) atoms. The number of aromatic nitrogens is 1. The molecule has 2 aliphatic rings. The highest BCUT2D eigenvalue weighted by Gasteiger charge is 2.39. The topological polar surface area (TPSA) is 124 Å². The van der Waals surface area contributed by atoms with Crippen LogP contribution in [0.5, 0.6) is 11.5 Å². The maximum absolute atomic E-state index is 13.7. The van der Waals surface area contributed by atoms with Crippen LogP contribution < -0.4 is 19.5 Å². The number of nitrogens with one attached hydrogen (secondary N) is 1. The van der Waals surface area contributed by atoms with Crippen LogP contribution in [0.1, 0.15) is 74.4 Å². The van der Waals surface area contributed by atoms with Crippen molar-refractivity contribution in [2.75, 3.05) is 27.9 Å². The number of rotatable bonds is 14. The second-order valence-electron chi connectivity index (χ2n) is 13.2. The number of ether oxygens (including phenoxy) is 3. The molecule has 2 aromatic heterocycles. The molecule has 5 atom stereocenters. The number of carboxylic acid groups (broad SMARTS) is 1. The second kappa shape index (κ2) is 16.2. The molecule has 2 aliphatic heterocycles. The van der Waals surface area contributed by atoms with Gasteiger partial charge in [-0.1, -0.05) is 59.6 Å². The monoisotopic (exact) mass is 753 g/mol. The van der Waals surface area contributed by atoms with Gasteiger partial charge in [0.25, 0.3) is 0 Å². The molecule has 0 aliphatic carbocycles. The maximum atomic E-state index is 13.7. The van der Waals surface area contributed by atoms with Crippen molar-refractivity contribution >= 4 is 46.5 Å². The predicted molar refractivity (Wildman–Crippen MR) is 196 cm³/mol. The van der Waals surface area contributed by atoms with Crippen molar-refractivity contribution in [1.29, 1.82) is 0 Å². The first-order valence-corrected chi connectivity index (χ1v) is 18.4. The molecular weight excluding hydrogens is 713 g/mol. The van der Waals surface area contributed by atoms with Gasteiger partial charge in [0.2, 0.25) is 0 Å². The van der Waals surface area contributed by atoms with Crippen molar-refractivity contribution in [2.45, 2.75) is 62.7 Å². The number of carboxylic acids is 1. The number of thiophene rings is 1. The lowest BCUT2D eigenvalue weighted by molar-refractivity contribution is -0.605. The number of esters is 1. The van der Waals surface area contributed by atoms with E-state index < -0.39 is 17.9 Å². The minimum absolute atomic E-state index is 0.129. The number of carbonyl (C=O) groups excluding carboxylic acids is 1. The number of benzene rings is 2. The van der Waals surface area contributed by atoms with E-state index in [1.807, 2.05) is 42.5 Å². The van der Waals surface area contributed by atoms with Gasteiger partial charge in [-0.3, -0.25) is 5.32 Å². The summed E-state index contributed by atoms with van der Waals surface area (Å²) in [5.41, 5.74) is 2.51. The SMILES string of the molecule is COc1ccc([C@H](Cc2c(Cl)c[n+]([O-])cc2Cl)c2cc(CNC(C(=O)OCC3C[C@H]4CC[C@@H](C3)N4C)c3ccccc3)sc2C(=O)O)cc1OC. The molecule has 2 unspecified atom stereocenters. The fourth-order valence-electron chi connectivity index (χ4n) is 7.51. The fraction of sp³-hybridized carbons (Fsp3) is 0.395. The summed E-state index contributed by atoms with van der Waals surface area (Å²) in [6, 6.07) is 17.0. The van der Waals surface area contributed by atoms with Crippen molar-refractivity contribution in [3.05, 3.63) is 114 Å². The standard InChI is InChI=1S/C38H41Cl2N3O7S/c1-42-25-10-11-26(42)14-22(13-25)21-50-38(46)35(23-7-5-4-6-8-23)41-18-27-16-29(36(51-27)37(44)45)28(17-30-31(39)19-43(47)20-32(30)40)24-9-12-33(48-2)34(15-24)49-3/h4-9,12,15-16,19-20,22,25-26,28,35,41H,10-11,13-14,17-18,21H2,1-3H3,(H,44,45)/t22?,25-,26+,28-,35?/m0/s1. The van der Waals surface area contributed by atoms with E-state index in [9.17, 15) is 19.9 Å². The van der Waals surface area contributed by atoms with Crippen LogP contribution in [-0.2, 0) is 22.5 Å². The summed E-state index contributed by atoms with van der Waals surface area (Å²) in [7, 11) is 5.25. The molecular formula is C38H41Cl2N3O7S. The van der Waals surface area contributed by atoms with Crippen LogP contribution in [0.25, 0.3) is 0 Å². The maximum Gasteiger partial charge on any atom is 0.346 e. The van der Waals surface area contributed by atoms with Crippen molar-refractivity contribution in [2.24, 2.45) is 5.92 Å². The Balaban J connectivity index is 1.28. The average molecular weight is 755 g/mol. The molecule has 2 saturated heterocycles. The highest BCUT2D eigenvalue weighted by atomic mass is 35.5. The molecule has 270 valence electrons. The van der Waals surface area contributed by atoms with Crippen LogP contribution in [0.4, 0.5) is 0 Å². The van der Waals surface area contributed by atoms with Gasteiger partial charge in [-0.2, -0.15) is 4.73 Å². The van der Waals surface area contributed by atoms with E-state index in [1.54, 1.807) is 12.1 Å². The average Bonchev–Trinajstić information content (AvgIpc) is 3.61. The van der Waals surface area contributed by atoms with Crippen LogP contribution >= 0.6 is 34.5 Å². The molecule has 2 aromatic carbocycles. The van der Waals surface area contributed by atoms with Gasteiger partial charge in [0.15, 0.2) is 23.9 Å². The normalized spacial score (nSPS) is 19.7. The minimum atomic E-state index is -1.10. The molecule has 6 rings (SSSR count). The third-order valence-electron chi connectivity index (χ3n) is 10.2. The van der Waals surface area contributed by atoms with E-state index in [-0.39, 0.29) is 33.9 Å². The molecule has 13 heteroatoms. The third-order valence-corrected chi connectivity index (χ3v) is 12.0. The summed E-state index contributed by atoms with van der Waals surface area (Å²) >= 11 is 14.2. The summed E-state index contributed by atoms with van der Waals surface area (Å²) in [6.45, 7) is 0.584. The van der Waals surface area contributed by atoms with Crippen LogP contribution in [0, 0.1) is 11.1 Å². The van der Waals surface area contributed by atoms with E-state index in [2.05, 4.69) is 17.3 Å². The van der Waals surface area contributed by atoms with Gasteiger partial charge in [0.05, 0.1) is 20.8 Å². The second-order valence-corrected chi connectivity index (χ2v) is 15.2. The highest BCUT2D eigenvalue weighted by molar-refractivity contribution is 7.14. The number of carbonyl (C=O) groups is 2. The summed E-state index contributed by atoms with van der Waals surface area (Å²) in [6.07, 6.45) is 7.06. The number of piperidine rings is 1. The number of hydrogen-bond donors (Lipinski definition) is 2. The number of halogens is 2. The van der Waals surface area contributed by atoms with Gasteiger partial charge < -0.3 is 29.4 Å². The smallest absolute Gasteiger partial charge is 0.346 e. The van der Waals surface area contributed by atoms with Crippen molar-refractivity contribution in [3.63, 3.8) is 0 Å². The Morgan fingerprint density at radius 2 is 1.67 bits per heavy atom. The van der Waals surface area contributed by atoms with E-state index in [0.29, 0.717) is 56.8 Å².